The van der Waals surface area contributed by atoms with E-state index in [1.807, 2.05) is 0 Å². The molecule has 1 heterocycles. The number of amides is 1. The number of nitrogens with one attached hydrogen (secondary N) is 1. The van der Waals surface area contributed by atoms with Crippen LogP contribution in [0.3, 0.4) is 0 Å². The number of halogens is 1. The predicted octanol–water partition coefficient (Wildman–Crippen LogP) is 4.78. The summed E-state index contributed by atoms with van der Waals surface area (Å²) in [4.78, 5) is 35.3. The quantitative estimate of drug-likeness (QED) is 0.252. The highest BCUT2D eigenvalue weighted by Crippen LogP contribution is 2.28. The van der Waals surface area contributed by atoms with Crippen molar-refractivity contribution in [3.05, 3.63) is 99.5 Å². The molecule has 9 heteroatoms. The Morgan fingerprint density at radius 2 is 1.90 bits per heavy atom. The Morgan fingerprint density at radius 1 is 1.13 bits per heavy atom. The summed E-state index contributed by atoms with van der Waals surface area (Å²) < 4.78 is 10.4. The summed E-state index contributed by atoms with van der Waals surface area (Å²) in [6, 6.07) is 15.4. The maximum absolute atomic E-state index is 12.8. The van der Waals surface area contributed by atoms with Gasteiger partial charge in [0.15, 0.2) is 0 Å². The molecule has 0 fully saturated rings. The maximum Gasteiger partial charge on any atom is 0.332 e. The van der Waals surface area contributed by atoms with Gasteiger partial charge in [-0.1, -0.05) is 41.9 Å². The molecule has 0 aliphatic rings. The molecule has 3 rings (SSSR count). The Bertz CT molecular complexity index is 1080. The van der Waals surface area contributed by atoms with Crippen molar-refractivity contribution in [2.45, 2.75) is 6.10 Å². The molecule has 152 valence electrons. The van der Waals surface area contributed by atoms with Crippen LogP contribution in [0.25, 0.3) is 6.08 Å². The molecule has 0 spiro atoms. The molecule has 30 heavy (non-hydrogen) atoms. The molecule has 1 aromatic heterocycles. The summed E-state index contributed by atoms with van der Waals surface area (Å²) in [5, 5.41) is 13.4. The van der Waals surface area contributed by atoms with Crippen molar-refractivity contribution in [1.82, 2.24) is 0 Å². The Morgan fingerprint density at radius 3 is 2.53 bits per heavy atom. The highest BCUT2D eigenvalue weighted by molar-refractivity contribution is 6.34. The van der Waals surface area contributed by atoms with Crippen molar-refractivity contribution in [2.24, 2.45) is 0 Å². The van der Waals surface area contributed by atoms with Gasteiger partial charge in [-0.05, 0) is 24.3 Å². The van der Waals surface area contributed by atoms with E-state index in [2.05, 4.69) is 5.32 Å². The first-order valence-electron chi connectivity index (χ1n) is 8.66. The number of ether oxygens (including phenoxy) is 1. The van der Waals surface area contributed by atoms with E-state index in [4.69, 9.17) is 20.8 Å². The second-order valence-corrected chi connectivity index (χ2v) is 6.39. The first-order chi connectivity index (χ1) is 14.4. The molecule has 0 aliphatic heterocycles. The number of non-ortho nitro benzene ring substituents is 1. The summed E-state index contributed by atoms with van der Waals surface area (Å²) in [5.74, 6) is -0.979. The van der Waals surface area contributed by atoms with E-state index in [9.17, 15) is 19.7 Å². The van der Waals surface area contributed by atoms with Crippen LogP contribution >= 0.6 is 11.6 Å². The zero-order valence-electron chi connectivity index (χ0n) is 15.4. The minimum atomic E-state index is -1.27. The zero-order valence-corrected chi connectivity index (χ0v) is 16.1. The third-order valence-electron chi connectivity index (χ3n) is 3.92. The second kappa shape index (κ2) is 9.53. The first kappa shape index (κ1) is 20.8. The van der Waals surface area contributed by atoms with Crippen LogP contribution in [0, 0.1) is 10.1 Å². The number of nitrogens with zero attached hydrogens (tertiary/aromatic N) is 1. The Balaban J connectivity index is 1.79. The molecule has 0 aliphatic carbocycles. The van der Waals surface area contributed by atoms with Gasteiger partial charge in [0.25, 0.3) is 11.6 Å². The van der Waals surface area contributed by atoms with Gasteiger partial charge in [-0.2, -0.15) is 0 Å². The molecule has 3 aromatic rings. The van der Waals surface area contributed by atoms with Gasteiger partial charge in [0, 0.05) is 23.8 Å². The highest BCUT2D eigenvalue weighted by Gasteiger charge is 2.25. The topological polar surface area (TPSA) is 112 Å². The fourth-order valence-corrected chi connectivity index (χ4v) is 2.73. The third kappa shape index (κ3) is 5.33. The molecule has 0 saturated carbocycles. The van der Waals surface area contributed by atoms with E-state index in [0.717, 1.165) is 12.1 Å². The van der Waals surface area contributed by atoms with Crippen molar-refractivity contribution in [3.63, 3.8) is 0 Å². The Kier molecular flexibility index (Phi) is 6.61. The van der Waals surface area contributed by atoms with Crippen molar-refractivity contribution < 1.29 is 23.7 Å². The third-order valence-corrected chi connectivity index (χ3v) is 4.24. The average molecular weight is 427 g/mol. The van der Waals surface area contributed by atoms with Gasteiger partial charge in [-0.15, -0.1) is 0 Å². The molecule has 8 nitrogen and oxygen atoms in total. The number of nitro benzene ring substituents is 1. The molecular weight excluding hydrogens is 412 g/mol. The van der Waals surface area contributed by atoms with Crippen LogP contribution in [0.1, 0.15) is 17.4 Å². The van der Waals surface area contributed by atoms with Gasteiger partial charge in [0.1, 0.15) is 5.76 Å². The van der Waals surface area contributed by atoms with Crippen molar-refractivity contribution in [1.29, 1.82) is 0 Å². The van der Waals surface area contributed by atoms with Gasteiger partial charge < -0.3 is 14.5 Å². The lowest BCUT2D eigenvalue weighted by atomic mass is 10.1. The number of rotatable bonds is 7. The van der Waals surface area contributed by atoms with Gasteiger partial charge >= 0.3 is 5.97 Å². The number of carbonyl (C=O) groups is 2. The van der Waals surface area contributed by atoms with Crippen molar-refractivity contribution in [3.8, 4) is 0 Å². The number of anilines is 1. The molecule has 0 radical (unpaired) electrons. The lowest BCUT2D eigenvalue weighted by molar-refractivity contribution is -0.384. The Labute approximate surface area is 175 Å². The van der Waals surface area contributed by atoms with E-state index in [1.54, 1.807) is 42.5 Å². The number of hydrogen-bond acceptors (Lipinski definition) is 6. The number of benzene rings is 2. The van der Waals surface area contributed by atoms with E-state index >= 15 is 0 Å². The summed E-state index contributed by atoms with van der Waals surface area (Å²) in [6.45, 7) is 0. The number of esters is 1. The minimum absolute atomic E-state index is 0.0200. The van der Waals surface area contributed by atoms with E-state index in [1.165, 1.54) is 24.5 Å². The average Bonchev–Trinajstić information content (AvgIpc) is 3.26. The van der Waals surface area contributed by atoms with Gasteiger partial charge in [0.2, 0.25) is 6.10 Å². The maximum atomic E-state index is 12.8. The molecule has 1 atom stereocenters. The number of carbonyl (C=O) groups excluding carboxylic acids is 2. The van der Waals surface area contributed by atoms with Crippen LogP contribution in [0.15, 0.2) is 77.4 Å². The minimum Gasteiger partial charge on any atom is -0.465 e. The first-order valence-corrected chi connectivity index (χ1v) is 9.04. The normalized spacial score (nSPS) is 11.8. The van der Waals surface area contributed by atoms with Crippen LogP contribution in [-0.4, -0.2) is 16.8 Å². The van der Waals surface area contributed by atoms with Crippen LogP contribution in [0.4, 0.5) is 11.4 Å². The molecule has 2 aromatic carbocycles. The van der Waals surface area contributed by atoms with Gasteiger partial charge in [-0.25, -0.2) is 4.79 Å². The van der Waals surface area contributed by atoms with Crippen molar-refractivity contribution >= 4 is 40.9 Å². The number of nitro groups is 1. The van der Waals surface area contributed by atoms with Crippen LogP contribution in [0.2, 0.25) is 5.02 Å². The molecule has 0 unspecified atom stereocenters. The summed E-state index contributed by atoms with van der Waals surface area (Å²) in [6.07, 6.45) is 2.74. The summed E-state index contributed by atoms with van der Waals surface area (Å²) >= 11 is 6.03. The van der Waals surface area contributed by atoms with Crippen molar-refractivity contribution in [2.75, 3.05) is 5.32 Å². The number of furan rings is 1. The van der Waals surface area contributed by atoms with Crippen LogP contribution < -0.4 is 5.32 Å². The fraction of sp³-hybridized carbons (Fsp3) is 0.0476. The van der Waals surface area contributed by atoms with E-state index in [0.29, 0.717) is 11.3 Å². The largest absolute Gasteiger partial charge is 0.465 e. The fourth-order valence-electron chi connectivity index (χ4n) is 2.51. The monoisotopic (exact) mass is 426 g/mol. The molecule has 0 saturated heterocycles. The molecule has 0 bridgehead atoms. The standard InChI is InChI=1S/C21H15ClN2O6/c22-17-13-15(24(27)28)8-10-18(17)23-21(26)20(14-5-2-1-3-6-14)30-19(25)11-9-16-7-4-12-29-16/h1-13,20H,(H,23,26)/b11-9+/t20-/m1/s1. The van der Waals surface area contributed by atoms with E-state index in [-0.39, 0.29) is 16.4 Å². The highest BCUT2D eigenvalue weighted by atomic mass is 35.5. The van der Waals surface area contributed by atoms with Gasteiger partial charge in [-0.3, -0.25) is 14.9 Å². The van der Waals surface area contributed by atoms with E-state index < -0.39 is 22.9 Å². The zero-order chi connectivity index (χ0) is 21.5. The predicted molar refractivity (Wildman–Crippen MR) is 110 cm³/mol. The summed E-state index contributed by atoms with van der Waals surface area (Å²) in [5.41, 5.74) is 0.371. The lowest BCUT2D eigenvalue weighted by Crippen LogP contribution is -2.25. The van der Waals surface area contributed by atoms with Crippen LogP contribution in [0.5, 0.6) is 0 Å². The lowest BCUT2D eigenvalue weighted by Gasteiger charge is -2.17. The second-order valence-electron chi connectivity index (χ2n) is 5.99. The molecular formula is C21H15ClN2O6. The SMILES string of the molecule is O=C(/C=C/c1ccco1)O[C@@H](C(=O)Nc1ccc([N+](=O)[O-])cc1Cl)c1ccccc1. The number of hydrogen-bond donors (Lipinski definition) is 1. The molecule has 1 amide bonds. The Hall–Kier alpha value is -3.91. The smallest absolute Gasteiger partial charge is 0.332 e. The van der Waals surface area contributed by atoms with Crippen LogP contribution in [-0.2, 0) is 14.3 Å². The molecule has 1 N–H and O–H groups in total. The van der Waals surface area contributed by atoms with Gasteiger partial charge in [0.05, 0.1) is 21.9 Å². The summed E-state index contributed by atoms with van der Waals surface area (Å²) in [7, 11) is 0.